The largest absolute Gasteiger partial charge is 0.416 e. The summed E-state index contributed by atoms with van der Waals surface area (Å²) in [5.74, 6) is 0.889. The van der Waals surface area contributed by atoms with Crippen molar-refractivity contribution in [3.8, 4) is 0 Å². The lowest BCUT2D eigenvalue weighted by Crippen LogP contribution is -2.37. The molecule has 0 aromatic heterocycles. The first-order valence-corrected chi connectivity index (χ1v) is 5.69. The summed E-state index contributed by atoms with van der Waals surface area (Å²) < 4.78 is 4.83. The summed E-state index contributed by atoms with van der Waals surface area (Å²) in [6.45, 7) is 5.14. The van der Waals surface area contributed by atoms with Gasteiger partial charge in [-0.15, -0.1) is 0 Å². The van der Waals surface area contributed by atoms with Crippen LogP contribution in [0.15, 0.2) is 12.3 Å². The van der Waals surface area contributed by atoms with Crippen LogP contribution < -0.4 is 5.32 Å². The molecule has 1 rings (SSSR count). The Morgan fingerprint density at radius 2 is 2.06 bits per heavy atom. The highest BCUT2D eigenvalue weighted by atomic mass is 16.6. The van der Waals surface area contributed by atoms with Crippen LogP contribution in [0.1, 0.15) is 39.0 Å². The molecule has 1 aliphatic rings. The Bertz CT molecular complexity index is 267. The summed E-state index contributed by atoms with van der Waals surface area (Å²) in [5.41, 5.74) is 0. The number of rotatable bonds is 4. The minimum Gasteiger partial charge on any atom is -0.416 e. The lowest BCUT2D eigenvalue weighted by molar-refractivity contribution is -0.108. The van der Waals surface area contributed by atoms with Crippen LogP contribution in [0.5, 0.6) is 0 Å². The molecule has 0 atom stereocenters. The van der Waals surface area contributed by atoms with E-state index in [1.165, 1.54) is 0 Å². The number of alkyl carbamates (subject to hydrolysis) is 1. The average molecular weight is 225 g/mol. The van der Waals surface area contributed by atoms with Crippen LogP contribution in [0.4, 0.5) is 4.79 Å². The van der Waals surface area contributed by atoms with Crippen LogP contribution in [0.25, 0.3) is 0 Å². The van der Waals surface area contributed by atoms with Crippen LogP contribution in [-0.2, 0) is 9.53 Å². The average Bonchev–Trinajstić information content (AvgIpc) is 2.20. The third kappa shape index (κ3) is 4.47. The zero-order chi connectivity index (χ0) is 12.0. The number of allylic oxidation sites excluding steroid dienone is 1. The Labute approximate surface area is 96.0 Å². The Hall–Kier alpha value is -1.32. The Morgan fingerprint density at radius 3 is 2.56 bits per heavy atom. The maximum atomic E-state index is 11.3. The zero-order valence-electron chi connectivity index (χ0n) is 9.70. The van der Waals surface area contributed by atoms with Crippen molar-refractivity contribution in [2.45, 2.75) is 45.1 Å². The quantitative estimate of drug-likeness (QED) is 0.590. The summed E-state index contributed by atoms with van der Waals surface area (Å²) in [7, 11) is 0. The molecular formula is C12H19NO3. The van der Waals surface area contributed by atoms with Gasteiger partial charge in [0.25, 0.3) is 0 Å². The number of hydrogen-bond acceptors (Lipinski definition) is 3. The van der Waals surface area contributed by atoms with Gasteiger partial charge < -0.3 is 14.8 Å². The van der Waals surface area contributed by atoms with Gasteiger partial charge >= 0.3 is 6.09 Å². The van der Waals surface area contributed by atoms with Crippen molar-refractivity contribution in [3.05, 3.63) is 12.3 Å². The van der Waals surface area contributed by atoms with Crippen LogP contribution in [-0.4, -0.2) is 18.4 Å². The van der Waals surface area contributed by atoms with E-state index in [-0.39, 0.29) is 6.04 Å². The monoisotopic (exact) mass is 225 g/mol. The first-order chi connectivity index (χ1) is 7.61. The highest BCUT2D eigenvalue weighted by Crippen LogP contribution is 2.26. The number of nitrogens with one attached hydrogen (secondary N) is 1. The van der Waals surface area contributed by atoms with Gasteiger partial charge in [-0.3, -0.25) is 0 Å². The number of hydrogen-bond donors (Lipinski definition) is 1. The number of carbonyl (C=O) groups is 2. The van der Waals surface area contributed by atoms with Gasteiger partial charge in [0.15, 0.2) is 0 Å². The van der Waals surface area contributed by atoms with Gasteiger partial charge in [0.1, 0.15) is 6.29 Å². The lowest BCUT2D eigenvalue weighted by Gasteiger charge is -2.27. The summed E-state index contributed by atoms with van der Waals surface area (Å²) in [6.07, 6.45) is 5.03. The molecule has 1 N–H and O–H groups in total. The second-order valence-electron chi connectivity index (χ2n) is 4.36. The van der Waals surface area contributed by atoms with E-state index in [1.54, 1.807) is 6.92 Å². The van der Waals surface area contributed by atoms with Gasteiger partial charge in [0, 0.05) is 12.5 Å². The molecule has 1 aliphatic carbocycles. The smallest absolute Gasteiger partial charge is 0.412 e. The fourth-order valence-corrected chi connectivity index (χ4v) is 2.03. The molecule has 0 aliphatic heterocycles. The van der Waals surface area contributed by atoms with E-state index in [1.807, 2.05) is 0 Å². The van der Waals surface area contributed by atoms with Crippen molar-refractivity contribution in [1.29, 1.82) is 0 Å². The van der Waals surface area contributed by atoms with Crippen LogP contribution >= 0.6 is 0 Å². The Morgan fingerprint density at radius 1 is 1.44 bits per heavy atom. The van der Waals surface area contributed by atoms with Crippen LogP contribution in [0, 0.1) is 5.92 Å². The summed E-state index contributed by atoms with van der Waals surface area (Å²) in [5, 5.41) is 2.80. The summed E-state index contributed by atoms with van der Waals surface area (Å²) in [6, 6.07) is 0.176. The number of carbonyl (C=O) groups excluding carboxylic acids is 2. The third-order valence-corrected chi connectivity index (χ3v) is 2.87. The fraction of sp³-hybridized carbons (Fsp3) is 0.667. The number of aldehydes is 1. The molecule has 0 unspecified atom stereocenters. The van der Waals surface area contributed by atoms with E-state index in [0.717, 1.165) is 32.0 Å². The Kier molecular flexibility index (Phi) is 5.02. The first-order valence-electron chi connectivity index (χ1n) is 5.69. The van der Waals surface area contributed by atoms with E-state index in [0.29, 0.717) is 18.1 Å². The minimum absolute atomic E-state index is 0.176. The molecule has 4 heteroatoms. The van der Waals surface area contributed by atoms with E-state index in [4.69, 9.17) is 4.74 Å². The van der Waals surface area contributed by atoms with Gasteiger partial charge in [-0.1, -0.05) is 6.58 Å². The molecule has 0 radical (unpaired) electrons. The molecule has 16 heavy (non-hydrogen) atoms. The first kappa shape index (κ1) is 12.7. The molecule has 4 nitrogen and oxygen atoms in total. The van der Waals surface area contributed by atoms with Gasteiger partial charge in [0.2, 0.25) is 0 Å². The van der Waals surface area contributed by atoms with Gasteiger partial charge in [-0.2, -0.15) is 0 Å². The molecule has 90 valence electrons. The van der Waals surface area contributed by atoms with Crippen molar-refractivity contribution >= 4 is 12.4 Å². The highest BCUT2D eigenvalue weighted by Gasteiger charge is 2.22. The minimum atomic E-state index is -0.425. The molecule has 1 fully saturated rings. The highest BCUT2D eigenvalue weighted by molar-refractivity contribution is 5.68. The van der Waals surface area contributed by atoms with E-state index >= 15 is 0 Å². The van der Waals surface area contributed by atoms with Gasteiger partial charge in [-0.05, 0) is 38.5 Å². The third-order valence-electron chi connectivity index (χ3n) is 2.87. The maximum absolute atomic E-state index is 11.3. The second kappa shape index (κ2) is 6.30. The summed E-state index contributed by atoms with van der Waals surface area (Å²) >= 11 is 0. The molecule has 1 amide bonds. The van der Waals surface area contributed by atoms with E-state index < -0.39 is 6.09 Å². The molecule has 1 saturated carbocycles. The van der Waals surface area contributed by atoms with Gasteiger partial charge in [0.05, 0.1) is 5.76 Å². The van der Waals surface area contributed by atoms with E-state index in [2.05, 4.69) is 11.9 Å². The van der Waals surface area contributed by atoms with Crippen LogP contribution in [0.2, 0.25) is 0 Å². The molecule has 0 spiro atoms. The standard InChI is InChI=1S/C12H19NO3/c1-9(2)16-12(15)13-11-5-3-10(4-6-11)7-8-14/h8,10-11H,1,3-7H2,2H3,(H,13,15)/t10-,11-. The van der Waals surface area contributed by atoms with E-state index in [9.17, 15) is 9.59 Å². The summed E-state index contributed by atoms with van der Waals surface area (Å²) in [4.78, 5) is 21.6. The normalized spacial score (nSPS) is 24.6. The SMILES string of the molecule is C=C(C)OC(=O)N[C@H]1CC[C@H](CC=O)CC1. The van der Waals surface area contributed by atoms with Crippen molar-refractivity contribution < 1.29 is 14.3 Å². The topological polar surface area (TPSA) is 55.4 Å². The van der Waals surface area contributed by atoms with Crippen LogP contribution in [0.3, 0.4) is 0 Å². The molecular weight excluding hydrogens is 206 g/mol. The molecule has 0 bridgehead atoms. The molecule has 0 heterocycles. The number of ether oxygens (including phenoxy) is 1. The predicted molar refractivity (Wildman–Crippen MR) is 60.9 cm³/mol. The van der Waals surface area contributed by atoms with Crippen molar-refractivity contribution in [2.75, 3.05) is 0 Å². The molecule has 0 aromatic carbocycles. The van der Waals surface area contributed by atoms with Crippen molar-refractivity contribution in [1.82, 2.24) is 5.32 Å². The zero-order valence-corrected chi connectivity index (χ0v) is 9.70. The molecule has 0 aromatic rings. The molecule has 0 saturated heterocycles. The lowest BCUT2D eigenvalue weighted by atomic mass is 9.84. The fourth-order valence-electron chi connectivity index (χ4n) is 2.03. The van der Waals surface area contributed by atoms with Crippen molar-refractivity contribution in [3.63, 3.8) is 0 Å². The maximum Gasteiger partial charge on any atom is 0.412 e. The van der Waals surface area contributed by atoms with Crippen molar-refractivity contribution in [2.24, 2.45) is 5.92 Å². The number of amides is 1. The predicted octanol–water partition coefficient (Wildman–Crippen LogP) is 2.39. The Balaban J connectivity index is 2.23. The van der Waals surface area contributed by atoms with Gasteiger partial charge in [-0.25, -0.2) is 4.79 Å². The second-order valence-corrected chi connectivity index (χ2v) is 4.36.